The van der Waals surface area contributed by atoms with Gasteiger partial charge in [-0.2, -0.15) is 13.2 Å². The van der Waals surface area contributed by atoms with E-state index in [0.29, 0.717) is 45.1 Å². The molecule has 1 fully saturated rings. The molecule has 2 rings (SSSR count). The molecule has 0 aliphatic carbocycles. The fourth-order valence-electron chi connectivity index (χ4n) is 2.94. The summed E-state index contributed by atoms with van der Waals surface area (Å²) in [5.41, 5.74) is -1.29. The molecule has 2 N–H and O–H groups in total. The first-order chi connectivity index (χ1) is 10.4. The summed E-state index contributed by atoms with van der Waals surface area (Å²) in [6.07, 6.45) is -3.55. The lowest BCUT2D eigenvalue weighted by atomic mass is 9.93. The van der Waals surface area contributed by atoms with Crippen LogP contribution in [0.1, 0.15) is 36.9 Å². The molecule has 1 heterocycles. The predicted molar refractivity (Wildman–Crippen MR) is 89.7 cm³/mol. The van der Waals surface area contributed by atoms with E-state index >= 15 is 0 Å². The van der Waals surface area contributed by atoms with Crippen molar-refractivity contribution in [2.75, 3.05) is 26.2 Å². The Morgan fingerprint density at radius 2 is 1.79 bits per heavy atom. The third-order valence-electron chi connectivity index (χ3n) is 3.96. The number of aromatic hydroxyl groups is 1. The van der Waals surface area contributed by atoms with Crippen LogP contribution in [0.3, 0.4) is 0 Å². The van der Waals surface area contributed by atoms with Crippen LogP contribution in [0, 0.1) is 5.82 Å². The maximum absolute atomic E-state index is 13.7. The highest BCUT2D eigenvalue weighted by Crippen LogP contribution is 2.43. The molecule has 0 aromatic heterocycles. The highest BCUT2D eigenvalue weighted by molar-refractivity contribution is 5.85. The van der Waals surface area contributed by atoms with Crippen LogP contribution in [0.25, 0.3) is 0 Å². The largest absolute Gasteiger partial charge is 0.505 e. The van der Waals surface area contributed by atoms with E-state index in [0.717, 1.165) is 6.07 Å². The minimum Gasteiger partial charge on any atom is -0.505 e. The third-order valence-corrected chi connectivity index (χ3v) is 3.96. The van der Waals surface area contributed by atoms with Crippen molar-refractivity contribution in [1.29, 1.82) is 0 Å². The minimum absolute atomic E-state index is 0. The van der Waals surface area contributed by atoms with Crippen LogP contribution < -0.4 is 5.32 Å². The van der Waals surface area contributed by atoms with Gasteiger partial charge in [-0.3, -0.25) is 4.90 Å². The van der Waals surface area contributed by atoms with Crippen molar-refractivity contribution >= 4 is 24.8 Å². The lowest BCUT2D eigenvalue weighted by Crippen LogP contribution is -2.45. The van der Waals surface area contributed by atoms with Crippen molar-refractivity contribution in [3.05, 3.63) is 29.1 Å². The van der Waals surface area contributed by atoms with Gasteiger partial charge >= 0.3 is 6.18 Å². The molecule has 24 heavy (non-hydrogen) atoms. The van der Waals surface area contributed by atoms with E-state index in [1.54, 1.807) is 0 Å². The summed E-state index contributed by atoms with van der Waals surface area (Å²) in [6, 6.07) is 0.747. The van der Waals surface area contributed by atoms with Crippen molar-refractivity contribution in [3.8, 4) is 5.75 Å². The number of benzene rings is 1. The molecule has 140 valence electrons. The second-order valence-corrected chi connectivity index (χ2v) is 5.45. The number of rotatable bonds is 4. The predicted octanol–water partition coefficient (Wildman–Crippen LogP) is 4.14. The monoisotopic (exact) mass is 392 g/mol. The highest BCUT2D eigenvalue weighted by atomic mass is 35.5. The van der Waals surface area contributed by atoms with Crippen LogP contribution in [0.5, 0.6) is 5.75 Å². The fraction of sp³-hybridized carbons (Fsp3) is 0.600. The lowest BCUT2D eigenvalue weighted by Gasteiger charge is -2.36. The quantitative estimate of drug-likeness (QED) is 0.755. The molecule has 1 aliphatic rings. The molecular weight excluding hydrogens is 371 g/mol. The van der Waals surface area contributed by atoms with E-state index in [1.807, 2.05) is 11.8 Å². The molecule has 0 radical (unpaired) electrons. The standard InChI is InChI=1S/C15H20F4N2O.2ClH/c1-2-3-12(21-8-6-20-7-9-21)13-10(15(17,18)19)4-5-11(16)14(13)22;;/h4-5,12,20,22H,2-3,6-9H2,1H3;2*1H/t12-;;/m0../s1. The topological polar surface area (TPSA) is 35.5 Å². The fourth-order valence-corrected chi connectivity index (χ4v) is 2.94. The van der Waals surface area contributed by atoms with Crippen molar-refractivity contribution in [3.63, 3.8) is 0 Å². The number of halogens is 6. The van der Waals surface area contributed by atoms with Crippen LogP contribution in [0.15, 0.2) is 12.1 Å². The zero-order valence-electron chi connectivity index (χ0n) is 13.2. The molecule has 0 amide bonds. The van der Waals surface area contributed by atoms with Crippen LogP contribution in [0.2, 0.25) is 0 Å². The maximum Gasteiger partial charge on any atom is 0.416 e. The van der Waals surface area contributed by atoms with Gasteiger partial charge in [-0.05, 0) is 18.6 Å². The summed E-state index contributed by atoms with van der Waals surface area (Å²) < 4.78 is 53.5. The van der Waals surface area contributed by atoms with E-state index in [1.165, 1.54) is 0 Å². The molecule has 1 atom stereocenters. The third kappa shape index (κ3) is 5.12. The van der Waals surface area contributed by atoms with Gasteiger partial charge in [0.1, 0.15) is 0 Å². The van der Waals surface area contributed by atoms with E-state index in [9.17, 15) is 22.7 Å². The molecule has 1 aromatic carbocycles. The summed E-state index contributed by atoms with van der Waals surface area (Å²) in [7, 11) is 0. The molecular formula is C15H22Cl2F4N2O. The molecule has 0 spiro atoms. The van der Waals surface area contributed by atoms with Gasteiger partial charge < -0.3 is 10.4 Å². The van der Waals surface area contributed by atoms with Crippen LogP contribution in [0.4, 0.5) is 17.6 Å². The number of nitrogens with one attached hydrogen (secondary N) is 1. The van der Waals surface area contributed by atoms with E-state index in [-0.39, 0.29) is 30.4 Å². The maximum atomic E-state index is 13.7. The van der Waals surface area contributed by atoms with E-state index in [4.69, 9.17) is 0 Å². The Morgan fingerprint density at radius 1 is 1.21 bits per heavy atom. The van der Waals surface area contributed by atoms with Gasteiger partial charge in [0, 0.05) is 37.8 Å². The molecule has 3 nitrogen and oxygen atoms in total. The highest BCUT2D eigenvalue weighted by Gasteiger charge is 2.39. The Morgan fingerprint density at radius 3 is 2.29 bits per heavy atom. The minimum atomic E-state index is -4.62. The van der Waals surface area contributed by atoms with Gasteiger partial charge in [0.05, 0.1) is 5.56 Å². The normalized spacial score (nSPS) is 16.9. The van der Waals surface area contributed by atoms with Crippen molar-refractivity contribution < 1.29 is 22.7 Å². The second kappa shape index (κ2) is 9.65. The van der Waals surface area contributed by atoms with E-state index < -0.39 is 29.3 Å². The van der Waals surface area contributed by atoms with Gasteiger partial charge in [-0.25, -0.2) is 4.39 Å². The SMILES string of the molecule is CCC[C@@H](c1c(C(F)(F)F)ccc(F)c1O)N1CCNCC1.Cl.Cl. The van der Waals surface area contributed by atoms with Gasteiger partial charge in [-0.15, -0.1) is 24.8 Å². The van der Waals surface area contributed by atoms with Gasteiger partial charge in [0.2, 0.25) is 0 Å². The molecule has 0 saturated carbocycles. The van der Waals surface area contributed by atoms with Crippen molar-refractivity contribution in [2.24, 2.45) is 0 Å². The number of hydrogen-bond donors (Lipinski definition) is 2. The van der Waals surface area contributed by atoms with E-state index in [2.05, 4.69) is 5.32 Å². The average Bonchev–Trinajstić information content (AvgIpc) is 2.47. The molecule has 9 heteroatoms. The second-order valence-electron chi connectivity index (χ2n) is 5.45. The Hall–Kier alpha value is -0.760. The smallest absolute Gasteiger partial charge is 0.416 e. The molecule has 1 saturated heterocycles. The van der Waals surface area contributed by atoms with Gasteiger partial charge in [-0.1, -0.05) is 13.3 Å². The Bertz CT molecular complexity index is 523. The first kappa shape index (κ1) is 23.2. The molecule has 1 aliphatic heterocycles. The van der Waals surface area contributed by atoms with Crippen LogP contribution in [-0.4, -0.2) is 36.2 Å². The summed E-state index contributed by atoms with van der Waals surface area (Å²) in [5.74, 6) is -1.90. The Balaban J connectivity index is 0.00000264. The average molecular weight is 393 g/mol. The summed E-state index contributed by atoms with van der Waals surface area (Å²) >= 11 is 0. The van der Waals surface area contributed by atoms with Crippen LogP contribution in [-0.2, 0) is 6.18 Å². The Labute approximate surface area is 151 Å². The number of hydrogen-bond acceptors (Lipinski definition) is 3. The van der Waals surface area contributed by atoms with Crippen LogP contribution >= 0.6 is 24.8 Å². The number of nitrogens with zero attached hydrogens (tertiary/aromatic N) is 1. The molecule has 0 bridgehead atoms. The lowest BCUT2D eigenvalue weighted by molar-refractivity contribution is -0.139. The number of alkyl halides is 3. The number of piperazine rings is 1. The zero-order chi connectivity index (χ0) is 16.3. The number of phenols is 1. The zero-order valence-corrected chi connectivity index (χ0v) is 14.8. The first-order valence-corrected chi connectivity index (χ1v) is 7.39. The summed E-state index contributed by atoms with van der Waals surface area (Å²) in [6.45, 7) is 4.32. The summed E-state index contributed by atoms with van der Waals surface area (Å²) in [5, 5.41) is 13.1. The van der Waals surface area contributed by atoms with Crippen molar-refractivity contribution in [1.82, 2.24) is 10.2 Å². The van der Waals surface area contributed by atoms with Gasteiger partial charge in [0.15, 0.2) is 11.6 Å². The first-order valence-electron chi connectivity index (χ1n) is 7.39. The Kier molecular flexibility index (Phi) is 9.35. The summed E-state index contributed by atoms with van der Waals surface area (Å²) in [4.78, 5) is 1.88. The van der Waals surface area contributed by atoms with Gasteiger partial charge in [0.25, 0.3) is 0 Å². The van der Waals surface area contributed by atoms with Crippen molar-refractivity contribution in [2.45, 2.75) is 32.0 Å². The number of phenolic OH excluding ortho intramolecular Hbond substituents is 1. The molecule has 1 aromatic rings. The molecule has 0 unspecified atom stereocenters.